The molecule has 0 saturated carbocycles. The monoisotopic (exact) mass is 365 g/mol. The van der Waals surface area contributed by atoms with Gasteiger partial charge in [0, 0.05) is 36.4 Å². The number of amides is 3. The smallest absolute Gasteiger partial charge is 0.251 e. The van der Waals surface area contributed by atoms with Crippen molar-refractivity contribution in [2.75, 3.05) is 23.3 Å². The lowest BCUT2D eigenvalue weighted by Gasteiger charge is -2.16. The molecule has 1 saturated heterocycles. The average molecular weight is 365 g/mol. The predicted molar refractivity (Wildman–Crippen MR) is 105 cm³/mol. The maximum absolute atomic E-state index is 12.3. The standard InChI is InChI=1S/C21H23N3O3/c1-2-22-21(27)16-5-3-6-17(14-16)23-19(25)13-15-8-10-18(11-9-15)24-12-4-7-20(24)26/h3,5-6,8-11,14H,2,4,7,12-13H2,1H3,(H,22,27)(H,23,25). The molecule has 6 heteroatoms. The highest BCUT2D eigenvalue weighted by atomic mass is 16.2. The maximum atomic E-state index is 12.3. The Morgan fingerprint density at radius 1 is 1.11 bits per heavy atom. The molecular weight excluding hydrogens is 342 g/mol. The zero-order valence-electron chi connectivity index (χ0n) is 15.3. The second-order valence-corrected chi connectivity index (χ2v) is 6.48. The van der Waals surface area contributed by atoms with E-state index in [0.717, 1.165) is 24.2 Å². The molecule has 140 valence electrons. The molecule has 3 amide bonds. The number of nitrogens with zero attached hydrogens (tertiary/aromatic N) is 1. The van der Waals surface area contributed by atoms with Crippen LogP contribution in [0.4, 0.5) is 11.4 Å². The Balaban J connectivity index is 1.60. The molecule has 2 aromatic carbocycles. The van der Waals surface area contributed by atoms with Crippen LogP contribution in [0.1, 0.15) is 35.7 Å². The Morgan fingerprint density at radius 3 is 2.56 bits per heavy atom. The van der Waals surface area contributed by atoms with Gasteiger partial charge in [0.2, 0.25) is 11.8 Å². The first-order chi connectivity index (χ1) is 13.1. The normalized spacial score (nSPS) is 13.5. The van der Waals surface area contributed by atoms with Gasteiger partial charge in [0.25, 0.3) is 5.91 Å². The highest BCUT2D eigenvalue weighted by Gasteiger charge is 2.21. The van der Waals surface area contributed by atoms with Crippen molar-refractivity contribution in [3.05, 3.63) is 59.7 Å². The summed E-state index contributed by atoms with van der Waals surface area (Å²) < 4.78 is 0. The van der Waals surface area contributed by atoms with Crippen molar-refractivity contribution in [2.24, 2.45) is 0 Å². The molecule has 1 aliphatic heterocycles. The summed E-state index contributed by atoms with van der Waals surface area (Å²) in [4.78, 5) is 37.8. The van der Waals surface area contributed by atoms with Crippen molar-refractivity contribution < 1.29 is 14.4 Å². The van der Waals surface area contributed by atoms with Crippen LogP contribution in [-0.4, -0.2) is 30.8 Å². The van der Waals surface area contributed by atoms with E-state index < -0.39 is 0 Å². The number of rotatable bonds is 6. The van der Waals surface area contributed by atoms with E-state index in [-0.39, 0.29) is 24.1 Å². The van der Waals surface area contributed by atoms with Gasteiger partial charge in [-0.15, -0.1) is 0 Å². The minimum atomic E-state index is -0.166. The van der Waals surface area contributed by atoms with E-state index in [2.05, 4.69) is 10.6 Å². The zero-order chi connectivity index (χ0) is 19.2. The number of nitrogens with one attached hydrogen (secondary N) is 2. The fraction of sp³-hybridized carbons (Fsp3) is 0.286. The second-order valence-electron chi connectivity index (χ2n) is 6.48. The zero-order valence-corrected chi connectivity index (χ0v) is 15.3. The Hall–Kier alpha value is -3.15. The Labute approximate surface area is 158 Å². The first-order valence-corrected chi connectivity index (χ1v) is 9.14. The van der Waals surface area contributed by atoms with E-state index in [4.69, 9.17) is 0 Å². The van der Waals surface area contributed by atoms with Crippen molar-refractivity contribution in [1.82, 2.24) is 5.32 Å². The molecule has 0 atom stereocenters. The van der Waals surface area contributed by atoms with Gasteiger partial charge in [0.05, 0.1) is 6.42 Å². The number of benzene rings is 2. The summed E-state index contributed by atoms with van der Waals surface area (Å²) in [5.74, 6) is -0.179. The molecule has 6 nitrogen and oxygen atoms in total. The lowest BCUT2D eigenvalue weighted by Crippen LogP contribution is -2.23. The summed E-state index contributed by atoms with van der Waals surface area (Å²) in [5, 5.41) is 5.56. The summed E-state index contributed by atoms with van der Waals surface area (Å²) in [6, 6.07) is 14.3. The Morgan fingerprint density at radius 2 is 1.89 bits per heavy atom. The van der Waals surface area contributed by atoms with Crippen LogP contribution in [0.5, 0.6) is 0 Å². The van der Waals surface area contributed by atoms with Gasteiger partial charge in [0.1, 0.15) is 0 Å². The highest BCUT2D eigenvalue weighted by Crippen LogP contribution is 2.22. The molecule has 0 aliphatic carbocycles. The molecule has 0 bridgehead atoms. The maximum Gasteiger partial charge on any atom is 0.251 e. The number of carbonyl (C=O) groups excluding carboxylic acids is 3. The van der Waals surface area contributed by atoms with Crippen LogP contribution in [0.25, 0.3) is 0 Å². The minimum absolute atomic E-state index is 0.146. The van der Waals surface area contributed by atoms with Gasteiger partial charge in [-0.2, -0.15) is 0 Å². The van der Waals surface area contributed by atoms with Crippen LogP contribution in [0.2, 0.25) is 0 Å². The second kappa shape index (κ2) is 8.49. The molecule has 1 aliphatic rings. The van der Waals surface area contributed by atoms with Crippen LogP contribution in [-0.2, 0) is 16.0 Å². The molecule has 2 aromatic rings. The summed E-state index contributed by atoms with van der Waals surface area (Å²) in [6.45, 7) is 3.16. The number of hydrogen-bond acceptors (Lipinski definition) is 3. The summed E-state index contributed by atoms with van der Waals surface area (Å²) >= 11 is 0. The van der Waals surface area contributed by atoms with Crippen LogP contribution >= 0.6 is 0 Å². The number of carbonyl (C=O) groups is 3. The van der Waals surface area contributed by atoms with Gasteiger partial charge in [-0.25, -0.2) is 0 Å². The van der Waals surface area contributed by atoms with E-state index in [1.165, 1.54) is 0 Å². The molecule has 2 N–H and O–H groups in total. The van der Waals surface area contributed by atoms with Gasteiger partial charge < -0.3 is 15.5 Å². The van der Waals surface area contributed by atoms with Gasteiger partial charge in [-0.1, -0.05) is 18.2 Å². The molecular formula is C21H23N3O3. The quantitative estimate of drug-likeness (QED) is 0.826. The largest absolute Gasteiger partial charge is 0.352 e. The Bertz CT molecular complexity index is 846. The molecule has 0 unspecified atom stereocenters. The predicted octanol–water partition coefficient (Wildman–Crippen LogP) is 2.74. The van der Waals surface area contributed by atoms with Crippen molar-refractivity contribution in [3.63, 3.8) is 0 Å². The fourth-order valence-corrected chi connectivity index (χ4v) is 3.11. The van der Waals surface area contributed by atoms with Crippen molar-refractivity contribution in [2.45, 2.75) is 26.2 Å². The SMILES string of the molecule is CCNC(=O)c1cccc(NC(=O)Cc2ccc(N3CCCC3=O)cc2)c1. The number of anilines is 2. The molecule has 0 aromatic heterocycles. The van der Waals surface area contributed by atoms with Crippen molar-refractivity contribution in [1.29, 1.82) is 0 Å². The van der Waals surface area contributed by atoms with Gasteiger partial charge in [0.15, 0.2) is 0 Å². The number of hydrogen-bond donors (Lipinski definition) is 2. The van der Waals surface area contributed by atoms with Crippen LogP contribution in [0.15, 0.2) is 48.5 Å². The van der Waals surface area contributed by atoms with E-state index in [1.807, 2.05) is 31.2 Å². The first-order valence-electron chi connectivity index (χ1n) is 9.14. The lowest BCUT2D eigenvalue weighted by molar-refractivity contribution is -0.117. The third-order valence-corrected chi connectivity index (χ3v) is 4.43. The van der Waals surface area contributed by atoms with E-state index >= 15 is 0 Å². The van der Waals surface area contributed by atoms with Gasteiger partial charge >= 0.3 is 0 Å². The van der Waals surface area contributed by atoms with Crippen LogP contribution in [0, 0.1) is 0 Å². The van der Waals surface area contributed by atoms with Crippen LogP contribution < -0.4 is 15.5 Å². The summed E-state index contributed by atoms with van der Waals surface area (Å²) in [6.07, 6.45) is 1.71. The first kappa shape index (κ1) is 18.6. The topological polar surface area (TPSA) is 78.5 Å². The van der Waals surface area contributed by atoms with Crippen molar-refractivity contribution in [3.8, 4) is 0 Å². The molecule has 0 radical (unpaired) electrons. The Kier molecular flexibility index (Phi) is 5.86. The molecule has 1 fully saturated rings. The molecule has 0 spiro atoms. The van der Waals surface area contributed by atoms with Gasteiger partial charge in [-0.3, -0.25) is 14.4 Å². The fourth-order valence-electron chi connectivity index (χ4n) is 3.11. The van der Waals surface area contributed by atoms with Gasteiger partial charge in [-0.05, 0) is 49.2 Å². The van der Waals surface area contributed by atoms with E-state index in [9.17, 15) is 14.4 Å². The van der Waals surface area contributed by atoms with Crippen LogP contribution in [0.3, 0.4) is 0 Å². The third-order valence-electron chi connectivity index (χ3n) is 4.43. The molecule has 27 heavy (non-hydrogen) atoms. The third kappa shape index (κ3) is 4.73. The average Bonchev–Trinajstić information content (AvgIpc) is 3.08. The summed E-state index contributed by atoms with van der Waals surface area (Å²) in [5.41, 5.74) is 2.83. The highest BCUT2D eigenvalue weighted by molar-refractivity contribution is 5.98. The minimum Gasteiger partial charge on any atom is -0.352 e. The molecule has 1 heterocycles. The summed E-state index contributed by atoms with van der Waals surface area (Å²) in [7, 11) is 0. The van der Waals surface area contributed by atoms with E-state index in [0.29, 0.717) is 24.2 Å². The molecule has 3 rings (SSSR count). The van der Waals surface area contributed by atoms with E-state index in [1.54, 1.807) is 29.2 Å². The lowest BCUT2D eigenvalue weighted by atomic mass is 10.1. The van der Waals surface area contributed by atoms with Crippen molar-refractivity contribution >= 4 is 29.1 Å².